The molecule has 0 saturated carbocycles. The van der Waals surface area contributed by atoms with Crippen molar-refractivity contribution in [2.75, 3.05) is 25.5 Å². The monoisotopic (exact) mass is 496 g/mol. The Morgan fingerprint density at radius 1 is 1.14 bits per heavy atom. The van der Waals surface area contributed by atoms with Gasteiger partial charge in [0.2, 0.25) is 5.91 Å². The van der Waals surface area contributed by atoms with Crippen molar-refractivity contribution >= 4 is 45.0 Å². The molecule has 1 aliphatic rings. The summed E-state index contributed by atoms with van der Waals surface area (Å²) < 4.78 is 6.94. The van der Waals surface area contributed by atoms with Crippen LogP contribution in [-0.2, 0) is 27.3 Å². The molecule has 0 unspecified atom stereocenters. The second-order valence-corrected chi connectivity index (χ2v) is 9.77. The highest BCUT2D eigenvalue weighted by Gasteiger charge is 2.24. The quantitative estimate of drug-likeness (QED) is 0.525. The van der Waals surface area contributed by atoms with Crippen molar-refractivity contribution in [3.8, 4) is 0 Å². The Kier molecular flexibility index (Phi) is 7.30. The first-order valence-corrected chi connectivity index (χ1v) is 12.4. The van der Waals surface area contributed by atoms with E-state index in [0.717, 1.165) is 48.4 Å². The van der Waals surface area contributed by atoms with Gasteiger partial charge in [0.15, 0.2) is 6.61 Å². The molecule has 1 N–H and O–H groups in total. The molecular formula is C25H28N4O5S. The molecule has 3 heterocycles. The number of nitrogens with one attached hydrogen (secondary N) is 1. The van der Waals surface area contributed by atoms with Gasteiger partial charge in [-0.05, 0) is 44.4 Å². The lowest BCUT2D eigenvalue weighted by Crippen LogP contribution is -2.37. The van der Waals surface area contributed by atoms with Crippen LogP contribution in [-0.4, -0.2) is 52.4 Å². The number of hydrogen-bond acceptors (Lipinski definition) is 7. The summed E-state index contributed by atoms with van der Waals surface area (Å²) in [7, 11) is 1.47. The third-order valence-corrected chi connectivity index (χ3v) is 7.23. The number of fused-ring (bicyclic) bond motifs is 2. The summed E-state index contributed by atoms with van der Waals surface area (Å²) >= 11 is 1.11. The molecule has 9 nitrogen and oxygen atoms in total. The van der Waals surface area contributed by atoms with Crippen LogP contribution in [0.15, 0.2) is 29.1 Å². The number of hydrogen-bond donors (Lipinski definition) is 1. The zero-order valence-corrected chi connectivity index (χ0v) is 20.9. The predicted octanol–water partition coefficient (Wildman–Crippen LogP) is 3.06. The number of carbonyl (C=O) groups excluding carboxylic acids is 3. The lowest BCUT2D eigenvalue weighted by atomic mass is 10.2. The third kappa shape index (κ3) is 5.43. The van der Waals surface area contributed by atoms with E-state index in [-0.39, 0.29) is 22.9 Å². The number of amides is 2. The van der Waals surface area contributed by atoms with Gasteiger partial charge in [0.25, 0.3) is 11.5 Å². The smallest absolute Gasteiger partial charge is 0.349 e. The van der Waals surface area contributed by atoms with E-state index in [0.29, 0.717) is 28.0 Å². The van der Waals surface area contributed by atoms with Crippen molar-refractivity contribution in [1.29, 1.82) is 0 Å². The second kappa shape index (κ2) is 10.4. The topological polar surface area (TPSA) is 111 Å². The number of aryl methyl sites for hydroxylation is 3. The number of esters is 1. The van der Waals surface area contributed by atoms with E-state index in [1.54, 1.807) is 23.6 Å². The van der Waals surface area contributed by atoms with Gasteiger partial charge in [0, 0.05) is 25.7 Å². The minimum absolute atomic E-state index is 0.130. The van der Waals surface area contributed by atoms with Crippen LogP contribution in [0.5, 0.6) is 0 Å². The minimum Gasteiger partial charge on any atom is -0.451 e. The average Bonchev–Trinajstić information content (AvgIpc) is 2.99. The fraction of sp³-hybridized carbons (Fsp3) is 0.400. The van der Waals surface area contributed by atoms with E-state index in [1.165, 1.54) is 11.9 Å². The maximum absolute atomic E-state index is 13.1. The summed E-state index contributed by atoms with van der Waals surface area (Å²) in [6.07, 6.45) is 3.70. The van der Waals surface area contributed by atoms with Crippen molar-refractivity contribution in [2.24, 2.45) is 0 Å². The molecule has 2 amide bonds. The summed E-state index contributed by atoms with van der Waals surface area (Å²) in [6.45, 7) is 3.58. The standard InChI is InChI=1S/C25H28N4O5S/c1-15-8-10-17(11-9-15)26-19(30)13-28(3)20(31)14-34-25(33)22-16(2)21-23(35-22)27-18-7-5-4-6-12-29(18)24(21)32/h8-11H,4-7,12-14H2,1-3H3,(H,26,30). The van der Waals surface area contributed by atoms with Crippen molar-refractivity contribution in [1.82, 2.24) is 14.5 Å². The van der Waals surface area contributed by atoms with Gasteiger partial charge in [-0.3, -0.25) is 19.0 Å². The largest absolute Gasteiger partial charge is 0.451 e. The van der Waals surface area contributed by atoms with Gasteiger partial charge >= 0.3 is 5.97 Å². The highest BCUT2D eigenvalue weighted by Crippen LogP contribution is 2.29. The zero-order valence-electron chi connectivity index (χ0n) is 20.1. The van der Waals surface area contributed by atoms with E-state index in [2.05, 4.69) is 10.3 Å². The predicted molar refractivity (Wildman–Crippen MR) is 134 cm³/mol. The van der Waals surface area contributed by atoms with E-state index in [1.807, 2.05) is 19.1 Å². The lowest BCUT2D eigenvalue weighted by Gasteiger charge is -2.16. The second-order valence-electron chi connectivity index (χ2n) is 8.77. The molecular weight excluding hydrogens is 468 g/mol. The van der Waals surface area contributed by atoms with Gasteiger partial charge in [-0.25, -0.2) is 9.78 Å². The van der Waals surface area contributed by atoms with E-state index in [4.69, 9.17) is 4.74 Å². The molecule has 0 atom stereocenters. The molecule has 0 fully saturated rings. The van der Waals surface area contributed by atoms with Crippen LogP contribution in [0.1, 0.15) is 45.9 Å². The van der Waals surface area contributed by atoms with Gasteiger partial charge in [-0.15, -0.1) is 11.3 Å². The number of carbonyl (C=O) groups is 3. The number of benzene rings is 1. The summed E-state index contributed by atoms with van der Waals surface area (Å²) in [5.74, 6) is -0.804. The molecule has 1 aromatic carbocycles. The molecule has 0 radical (unpaired) electrons. The van der Waals surface area contributed by atoms with E-state index < -0.39 is 18.5 Å². The molecule has 10 heteroatoms. The minimum atomic E-state index is -0.684. The Balaban J connectivity index is 1.39. The maximum atomic E-state index is 13.1. The fourth-order valence-electron chi connectivity index (χ4n) is 4.05. The molecule has 0 spiro atoms. The first-order chi connectivity index (χ1) is 16.7. The lowest BCUT2D eigenvalue weighted by molar-refractivity contribution is -0.136. The van der Waals surface area contributed by atoms with E-state index in [9.17, 15) is 19.2 Å². The molecule has 1 aliphatic heterocycles. The molecule has 4 rings (SSSR count). The van der Waals surface area contributed by atoms with Crippen molar-refractivity contribution in [2.45, 2.75) is 46.1 Å². The van der Waals surface area contributed by atoms with Crippen LogP contribution < -0.4 is 10.9 Å². The van der Waals surface area contributed by atoms with Crippen molar-refractivity contribution in [3.05, 3.63) is 56.4 Å². The third-order valence-electron chi connectivity index (χ3n) is 6.07. The number of ether oxygens (including phenoxy) is 1. The SMILES string of the molecule is Cc1ccc(NC(=O)CN(C)C(=O)COC(=O)c2sc3nc4n(c(=O)c3c2C)CCCCC4)cc1. The van der Waals surface area contributed by atoms with Crippen LogP contribution in [0.3, 0.4) is 0 Å². The summed E-state index contributed by atoms with van der Waals surface area (Å²) in [5.41, 5.74) is 2.09. The zero-order chi connectivity index (χ0) is 25.1. The van der Waals surface area contributed by atoms with Gasteiger partial charge in [0.05, 0.1) is 11.9 Å². The molecule has 0 aliphatic carbocycles. The molecule has 0 bridgehead atoms. The van der Waals surface area contributed by atoms with E-state index >= 15 is 0 Å². The number of anilines is 1. The Hall–Kier alpha value is -3.53. The Morgan fingerprint density at radius 3 is 2.63 bits per heavy atom. The number of nitrogens with zero attached hydrogens (tertiary/aromatic N) is 3. The number of thiophene rings is 1. The normalized spacial score (nSPS) is 13.1. The Bertz CT molecular complexity index is 1340. The summed E-state index contributed by atoms with van der Waals surface area (Å²) in [5, 5.41) is 3.16. The molecule has 35 heavy (non-hydrogen) atoms. The van der Waals surface area contributed by atoms with Gasteiger partial charge in [-0.1, -0.05) is 24.1 Å². The Labute approximate surface area is 206 Å². The molecule has 0 saturated heterocycles. The van der Waals surface area contributed by atoms with Gasteiger partial charge < -0.3 is 15.0 Å². The number of likely N-dealkylation sites (N-methyl/N-ethyl adjacent to an activating group) is 1. The average molecular weight is 497 g/mol. The van der Waals surface area contributed by atoms with Crippen LogP contribution in [0.2, 0.25) is 0 Å². The number of rotatable bonds is 6. The maximum Gasteiger partial charge on any atom is 0.349 e. The molecule has 184 valence electrons. The first kappa shape index (κ1) is 24.6. The first-order valence-electron chi connectivity index (χ1n) is 11.5. The highest BCUT2D eigenvalue weighted by atomic mass is 32.1. The van der Waals surface area contributed by atoms with Crippen LogP contribution >= 0.6 is 11.3 Å². The van der Waals surface area contributed by atoms with Crippen LogP contribution in [0.4, 0.5) is 5.69 Å². The van der Waals surface area contributed by atoms with Crippen LogP contribution in [0.25, 0.3) is 10.2 Å². The molecule has 3 aromatic rings. The summed E-state index contributed by atoms with van der Waals surface area (Å²) in [4.78, 5) is 57.1. The summed E-state index contributed by atoms with van der Waals surface area (Å²) in [6, 6.07) is 7.31. The van der Waals surface area contributed by atoms with Crippen LogP contribution in [0, 0.1) is 13.8 Å². The van der Waals surface area contributed by atoms with Crippen molar-refractivity contribution < 1.29 is 19.1 Å². The molecule has 2 aromatic heterocycles. The van der Waals surface area contributed by atoms with Gasteiger partial charge in [0.1, 0.15) is 15.5 Å². The van der Waals surface area contributed by atoms with Gasteiger partial charge in [-0.2, -0.15) is 0 Å². The number of aromatic nitrogens is 2. The highest BCUT2D eigenvalue weighted by molar-refractivity contribution is 7.20. The van der Waals surface area contributed by atoms with Crippen molar-refractivity contribution in [3.63, 3.8) is 0 Å². The Morgan fingerprint density at radius 2 is 1.89 bits per heavy atom. The fourth-order valence-corrected chi connectivity index (χ4v) is 5.13.